The van der Waals surface area contributed by atoms with Crippen molar-refractivity contribution < 1.29 is 4.79 Å². The number of hydrogen-bond acceptors (Lipinski definition) is 3. The van der Waals surface area contributed by atoms with Crippen LogP contribution < -0.4 is 11.1 Å². The van der Waals surface area contributed by atoms with Crippen LogP contribution in [0.15, 0.2) is 34.9 Å². The summed E-state index contributed by atoms with van der Waals surface area (Å²) in [4.78, 5) is 16.3. The smallest absolute Gasteiger partial charge is 0.241 e. The third kappa shape index (κ3) is 3.30. The maximum absolute atomic E-state index is 11.9. The van der Waals surface area contributed by atoms with Gasteiger partial charge in [0.05, 0.1) is 17.2 Å². The van der Waals surface area contributed by atoms with E-state index in [2.05, 4.69) is 26.2 Å². The molecule has 0 unspecified atom stereocenters. The summed E-state index contributed by atoms with van der Waals surface area (Å²) in [7, 11) is 0. The Balaban J connectivity index is 2.28. The number of amides is 1. The summed E-state index contributed by atoms with van der Waals surface area (Å²) >= 11 is 3.38. The molecule has 19 heavy (non-hydrogen) atoms. The maximum atomic E-state index is 11.9. The molecule has 1 aromatic carbocycles. The van der Waals surface area contributed by atoms with Crippen LogP contribution in [0.3, 0.4) is 0 Å². The van der Waals surface area contributed by atoms with Crippen LogP contribution in [0.25, 0.3) is 10.9 Å². The van der Waals surface area contributed by atoms with E-state index >= 15 is 0 Å². The second-order valence-electron chi connectivity index (χ2n) is 4.42. The SMILES string of the molecule is CCC[C@@H](N)C(=O)Nc1cccc2cc(Br)cnc12. The zero-order valence-corrected chi connectivity index (χ0v) is 12.3. The minimum absolute atomic E-state index is 0.168. The Morgan fingerprint density at radius 1 is 1.53 bits per heavy atom. The summed E-state index contributed by atoms with van der Waals surface area (Å²) in [5, 5.41) is 3.82. The van der Waals surface area contributed by atoms with Gasteiger partial charge in [-0.3, -0.25) is 9.78 Å². The van der Waals surface area contributed by atoms with Crippen LogP contribution >= 0.6 is 15.9 Å². The summed E-state index contributed by atoms with van der Waals surface area (Å²) < 4.78 is 0.908. The lowest BCUT2D eigenvalue weighted by molar-refractivity contribution is -0.117. The number of nitrogens with one attached hydrogen (secondary N) is 1. The highest BCUT2D eigenvalue weighted by atomic mass is 79.9. The number of nitrogens with zero attached hydrogens (tertiary/aromatic N) is 1. The first-order valence-electron chi connectivity index (χ1n) is 6.22. The van der Waals surface area contributed by atoms with Gasteiger partial charge >= 0.3 is 0 Å². The van der Waals surface area contributed by atoms with Gasteiger partial charge < -0.3 is 11.1 Å². The van der Waals surface area contributed by atoms with E-state index in [-0.39, 0.29) is 5.91 Å². The molecule has 0 spiro atoms. The summed E-state index contributed by atoms with van der Waals surface area (Å²) in [6.07, 6.45) is 3.27. The number of nitrogens with two attached hydrogens (primary N) is 1. The minimum atomic E-state index is -0.476. The second kappa shape index (κ2) is 6.12. The van der Waals surface area contributed by atoms with Crippen molar-refractivity contribution in [2.75, 3.05) is 5.32 Å². The lowest BCUT2D eigenvalue weighted by atomic mass is 10.1. The van der Waals surface area contributed by atoms with E-state index < -0.39 is 6.04 Å². The predicted molar refractivity (Wildman–Crippen MR) is 81.0 cm³/mol. The van der Waals surface area contributed by atoms with Crippen molar-refractivity contribution in [1.29, 1.82) is 0 Å². The number of fused-ring (bicyclic) bond motifs is 1. The molecule has 0 fully saturated rings. The van der Waals surface area contributed by atoms with Gasteiger partial charge in [0.15, 0.2) is 0 Å². The molecular weight excluding hydrogens is 306 g/mol. The fraction of sp³-hybridized carbons (Fsp3) is 0.286. The third-order valence-electron chi connectivity index (χ3n) is 2.87. The molecule has 0 saturated carbocycles. The van der Waals surface area contributed by atoms with E-state index in [0.29, 0.717) is 12.1 Å². The van der Waals surface area contributed by atoms with Crippen LogP contribution in [-0.4, -0.2) is 16.9 Å². The van der Waals surface area contributed by atoms with Crippen LogP contribution in [0.5, 0.6) is 0 Å². The fourth-order valence-corrected chi connectivity index (χ4v) is 2.25. The quantitative estimate of drug-likeness (QED) is 0.909. The summed E-state index contributed by atoms with van der Waals surface area (Å²) in [5.74, 6) is -0.168. The first-order chi connectivity index (χ1) is 9.11. The van der Waals surface area contributed by atoms with Crippen molar-refractivity contribution in [1.82, 2.24) is 4.98 Å². The van der Waals surface area contributed by atoms with Gasteiger partial charge in [-0.1, -0.05) is 25.5 Å². The number of rotatable bonds is 4. The van der Waals surface area contributed by atoms with Crippen molar-refractivity contribution in [2.24, 2.45) is 5.73 Å². The molecule has 1 atom stereocenters. The molecule has 2 aromatic rings. The molecule has 0 saturated heterocycles. The number of para-hydroxylation sites is 1. The highest BCUT2D eigenvalue weighted by Gasteiger charge is 2.13. The van der Waals surface area contributed by atoms with Gasteiger partial charge in [0.25, 0.3) is 0 Å². The zero-order chi connectivity index (χ0) is 13.8. The number of aromatic nitrogens is 1. The number of anilines is 1. The normalized spacial score (nSPS) is 12.4. The number of carbonyl (C=O) groups excluding carboxylic acids is 1. The molecule has 0 aliphatic heterocycles. The molecule has 1 heterocycles. The molecule has 100 valence electrons. The van der Waals surface area contributed by atoms with Crippen LogP contribution in [-0.2, 0) is 4.79 Å². The van der Waals surface area contributed by atoms with Crippen molar-refractivity contribution in [3.63, 3.8) is 0 Å². The molecule has 4 nitrogen and oxygen atoms in total. The van der Waals surface area contributed by atoms with Crippen molar-refractivity contribution >= 4 is 38.4 Å². The van der Waals surface area contributed by atoms with E-state index in [4.69, 9.17) is 5.73 Å². The van der Waals surface area contributed by atoms with Gasteiger partial charge in [0.2, 0.25) is 5.91 Å². The Labute approximate surface area is 120 Å². The Morgan fingerprint density at radius 3 is 3.05 bits per heavy atom. The Hall–Kier alpha value is -1.46. The average molecular weight is 322 g/mol. The monoisotopic (exact) mass is 321 g/mol. The average Bonchev–Trinajstić information content (AvgIpc) is 2.38. The third-order valence-corrected chi connectivity index (χ3v) is 3.31. The van der Waals surface area contributed by atoms with Gasteiger partial charge in [0.1, 0.15) is 0 Å². The standard InChI is InChI=1S/C14H16BrN3O/c1-2-4-11(16)14(19)18-12-6-3-5-9-7-10(15)8-17-13(9)12/h3,5-8,11H,2,4,16H2,1H3,(H,18,19)/t11-/m1/s1. The maximum Gasteiger partial charge on any atom is 0.241 e. The topological polar surface area (TPSA) is 68.0 Å². The summed E-state index contributed by atoms with van der Waals surface area (Å²) in [6, 6.07) is 7.16. The van der Waals surface area contributed by atoms with Crippen LogP contribution in [0.2, 0.25) is 0 Å². The van der Waals surface area contributed by atoms with Gasteiger partial charge in [-0.05, 0) is 34.5 Å². The van der Waals surface area contributed by atoms with Crippen molar-refractivity contribution in [3.05, 3.63) is 34.9 Å². The first-order valence-corrected chi connectivity index (χ1v) is 7.02. The summed E-state index contributed by atoms with van der Waals surface area (Å²) in [5.41, 5.74) is 7.27. The molecule has 2 rings (SSSR count). The first kappa shape index (κ1) is 14.0. The van der Waals surface area contributed by atoms with E-state index in [1.165, 1.54) is 0 Å². The Morgan fingerprint density at radius 2 is 2.32 bits per heavy atom. The number of carbonyl (C=O) groups is 1. The number of pyridine rings is 1. The molecule has 5 heteroatoms. The van der Waals surface area contributed by atoms with Crippen LogP contribution in [0.4, 0.5) is 5.69 Å². The summed E-state index contributed by atoms with van der Waals surface area (Å²) in [6.45, 7) is 2.00. The Kier molecular flexibility index (Phi) is 4.50. The number of hydrogen-bond donors (Lipinski definition) is 2. The molecule has 0 radical (unpaired) electrons. The van der Waals surface area contributed by atoms with Gasteiger partial charge in [-0.15, -0.1) is 0 Å². The molecule has 0 aliphatic carbocycles. The molecule has 0 bridgehead atoms. The number of benzene rings is 1. The lowest BCUT2D eigenvalue weighted by Gasteiger charge is -2.12. The van der Waals surface area contributed by atoms with Crippen molar-refractivity contribution in [3.8, 4) is 0 Å². The van der Waals surface area contributed by atoms with E-state index in [9.17, 15) is 4.79 Å². The molecule has 1 aromatic heterocycles. The molecule has 0 aliphatic rings. The minimum Gasteiger partial charge on any atom is -0.323 e. The van der Waals surface area contributed by atoms with E-state index in [0.717, 1.165) is 21.8 Å². The van der Waals surface area contributed by atoms with E-state index in [1.807, 2.05) is 31.2 Å². The van der Waals surface area contributed by atoms with E-state index in [1.54, 1.807) is 6.20 Å². The van der Waals surface area contributed by atoms with Gasteiger partial charge in [-0.25, -0.2) is 0 Å². The Bertz CT molecular complexity index is 600. The fourth-order valence-electron chi connectivity index (χ4n) is 1.90. The highest BCUT2D eigenvalue weighted by molar-refractivity contribution is 9.10. The molecular formula is C14H16BrN3O. The van der Waals surface area contributed by atoms with Crippen molar-refractivity contribution in [2.45, 2.75) is 25.8 Å². The predicted octanol–water partition coefficient (Wildman–Crippen LogP) is 3.06. The van der Waals surface area contributed by atoms with Crippen LogP contribution in [0, 0.1) is 0 Å². The largest absolute Gasteiger partial charge is 0.323 e. The lowest BCUT2D eigenvalue weighted by Crippen LogP contribution is -2.35. The van der Waals surface area contributed by atoms with Gasteiger partial charge in [-0.2, -0.15) is 0 Å². The zero-order valence-electron chi connectivity index (χ0n) is 10.7. The van der Waals surface area contributed by atoms with Gasteiger partial charge in [0, 0.05) is 16.1 Å². The molecule has 1 amide bonds. The van der Waals surface area contributed by atoms with Crippen LogP contribution in [0.1, 0.15) is 19.8 Å². The highest BCUT2D eigenvalue weighted by Crippen LogP contribution is 2.24. The molecule has 3 N–H and O–H groups in total. The number of halogens is 1. The second-order valence-corrected chi connectivity index (χ2v) is 5.33.